The summed E-state index contributed by atoms with van der Waals surface area (Å²) in [6.07, 6.45) is 4.18. The molecule has 62 valence electrons. The first-order chi connectivity index (χ1) is 5.05. The Morgan fingerprint density at radius 1 is 1.45 bits per heavy atom. The van der Waals surface area contributed by atoms with E-state index in [0.29, 0.717) is 0 Å². The minimum atomic E-state index is -0.269. The Kier molecular flexibility index (Phi) is 2.03. The van der Waals surface area contributed by atoms with Gasteiger partial charge in [0, 0.05) is 5.92 Å². The molecule has 0 spiro atoms. The van der Waals surface area contributed by atoms with E-state index < -0.39 is 0 Å². The van der Waals surface area contributed by atoms with E-state index in [-0.39, 0.29) is 17.4 Å². The van der Waals surface area contributed by atoms with Gasteiger partial charge in [-0.15, -0.1) is 0 Å². The Labute approximate surface area is 67.2 Å². The van der Waals surface area contributed by atoms with Gasteiger partial charge in [0.1, 0.15) is 0 Å². The van der Waals surface area contributed by atoms with Gasteiger partial charge in [0.25, 0.3) is 0 Å². The fraction of sp³-hybridized carbons (Fsp3) is 0.667. The van der Waals surface area contributed by atoms with E-state index in [0.717, 1.165) is 6.29 Å². The summed E-state index contributed by atoms with van der Waals surface area (Å²) in [6, 6.07) is 0. The Morgan fingerprint density at radius 3 is 2.45 bits per heavy atom. The highest BCUT2D eigenvalue weighted by atomic mass is 16.5. The van der Waals surface area contributed by atoms with Crippen LogP contribution in [0.1, 0.15) is 20.8 Å². The maximum absolute atomic E-state index is 10.5. The van der Waals surface area contributed by atoms with Gasteiger partial charge in [-0.05, 0) is 11.5 Å². The van der Waals surface area contributed by atoms with Crippen LogP contribution in [-0.4, -0.2) is 12.4 Å². The van der Waals surface area contributed by atoms with E-state index in [1.165, 1.54) is 0 Å². The van der Waals surface area contributed by atoms with Crippen molar-refractivity contribution in [2.24, 2.45) is 11.3 Å². The number of rotatable bonds is 1. The minimum Gasteiger partial charge on any atom is -0.490 e. The van der Waals surface area contributed by atoms with Crippen LogP contribution in [0.15, 0.2) is 12.3 Å². The molecule has 0 radical (unpaired) electrons. The fourth-order valence-corrected chi connectivity index (χ4v) is 1.31. The molecule has 11 heavy (non-hydrogen) atoms. The van der Waals surface area contributed by atoms with Crippen LogP contribution in [0.5, 0.6) is 0 Å². The Balaban J connectivity index is 2.71. The highest BCUT2D eigenvalue weighted by Crippen LogP contribution is 2.33. The summed E-state index contributed by atoms with van der Waals surface area (Å²) in [4.78, 5) is 10.5. The Morgan fingerprint density at radius 2 is 2.09 bits per heavy atom. The van der Waals surface area contributed by atoms with Crippen molar-refractivity contribution in [3.63, 3.8) is 0 Å². The van der Waals surface area contributed by atoms with Gasteiger partial charge in [0.05, 0.1) is 6.26 Å². The summed E-state index contributed by atoms with van der Waals surface area (Å²) in [5.41, 5.74) is 0.110. The van der Waals surface area contributed by atoms with E-state index in [4.69, 9.17) is 4.74 Å². The summed E-state index contributed by atoms with van der Waals surface area (Å²) in [7, 11) is 0. The topological polar surface area (TPSA) is 26.3 Å². The van der Waals surface area contributed by atoms with Crippen LogP contribution in [0.3, 0.4) is 0 Å². The molecule has 0 amide bonds. The predicted molar refractivity (Wildman–Crippen MR) is 43.0 cm³/mol. The van der Waals surface area contributed by atoms with Crippen LogP contribution in [-0.2, 0) is 9.53 Å². The zero-order valence-corrected chi connectivity index (χ0v) is 7.20. The first-order valence-electron chi connectivity index (χ1n) is 3.83. The van der Waals surface area contributed by atoms with Crippen LogP contribution in [0.25, 0.3) is 0 Å². The third kappa shape index (κ3) is 1.62. The van der Waals surface area contributed by atoms with Gasteiger partial charge >= 0.3 is 0 Å². The summed E-state index contributed by atoms with van der Waals surface area (Å²) in [6.45, 7) is 6.31. The van der Waals surface area contributed by atoms with Crippen molar-refractivity contribution in [3.8, 4) is 0 Å². The lowest BCUT2D eigenvalue weighted by molar-refractivity contribution is -0.117. The lowest BCUT2D eigenvalue weighted by Crippen LogP contribution is -2.29. The monoisotopic (exact) mass is 154 g/mol. The van der Waals surface area contributed by atoms with Gasteiger partial charge in [-0.3, -0.25) is 4.79 Å². The molecule has 1 aliphatic rings. The van der Waals surface area contributed by atoms with Gasteiger partial charge < -0.3 is 4.74 Å². The van der Waals surface area contributed by atoms with E-state index in [2.05, 4.69) is 20.8 Å². The van der Waals surface area contributed by atoms with Crippen LogP contribution in [0.2, 0.25) is 0 Å². The van der Waals surface area contributed by atoms with Gasteiger partial charge in [0.15, 0.2) is 12.4 Å². The van der Waals surface area contributed by atoms with Crippen molar-refractivity contribution in [1.82, 2.24) is 0 Å². The van der Waals surface area contributed by atoms with Crippen molar-refractivity contribution < 1.29 is 9.53 Å². The SMILES string of the molecule is CC(C)(C)[C@@H]1C=CO[C@H]1C=O. The molecule has 0 fully saturated rings. The normalized spacial score (nSPS) is 30.1. The maximum Gasteiger partial charge on any atom is 0.161 e. The molecular formula is C9H14O2. The smallest absolute Gasteiger partial charge is 0.161 e. The second-order valence-electron chi connectivity index (χ2n) is 3.96. The lowest BCUT2D eigenvalue weighted by Gasteiger charge is -2.27. The van der Waals surface area contributed by atoms with Crippen molar-refractivity contribution in [3.05, 3.63) is 12.3 Å². The number of hydrogen-bond donors (Lipinski definition) is 0. The molecular weight excluding hydrogens is 140 g/mol. The first kappa shape index (κ1) is 8.31. The van der Waals surface area contributed by atoms with Crippen LogP contribution in [0.4, 0.5) is 0 Å². The molecule has 0 aromatic heterocycles. The molecule has 2 atom stereocenters. The Bertz CT molecular complexity index is 176. The molecule has 0 aromatic carbocycles. The average molecular weight is 154 g/mol. The van der Waals surface area contributed by atoms with Gasteiger partial charge in [-0.25, -0.2) is 0 Å². The lowest BCUT2D eigenvalue weighted by atomic mass is 9.78. The molecule has 0 aromatic rings. The van der Waals surface area contributed by atoms with E-state index in [1.54, 1.807) is 6.26 Å². The van der Waals surface area contributed by atoms with E-state index in [9.17, 15) is 4.79 Å². The van der Waals surface area contributed by atoms with Gasteiger partial charge in [-0.2, -0.15) is 0 Å². The summed E-state index contributed by atoms with van der Waals surface area (Å²) in [5, 5.41) is 0. The largest absolute Gasteiger partial charge is 0.490 e. The quantitative estimate of drug-likeness (QED) is 0.538. The number of hydrogen-bond acceptors (Lipinski definition) is 2. The zero-order chi connectivity index (χ0) is 8.48. The second-order valence-corrected chi connectivity index (χ2v) is 3.96. The van der Waals surface area contributed by atoms with E-state index in [1.807, 2.05) is 6.08 Å². The van der Waals surface area contributed by atoms with Crippen molar-refractivity contribution in [2.75, 3.05) is 0 Å². The third-order valence-electron chi connectivity index (χ3n) is 2.01. The molecule has 0 unspecified atom stereocenters. The van der Waals surface area contributed by atoms with Crippen molar-refractivity contribution in [1.29, 1.82) is 0 Å². The average Bonchev–Trinajstić information content (AvgIpc) is 2.31. The second kappa shape index (κ2) is 2.68. The van der Waals surface area contributed by atoms with Crippen molar-refractivity contribution in [2.45, 2.75) is 26.9 Å². The van der Waals surface area contributed by atoms with Crippen LogP contribution >= 0.6 is 0 Å². The zero-order valence-electron chi connectivity index (χ0n) is 7.20. The fourth-order valence-electron chi connectivity index (χ4n) is 1.31. The van der Waals surface area contributed by atoms with Crippen LogP contribution in [0, 0.1) is 11.3 Å². The highest BCUT2D eigenvalue weighted by molar-refractivity contribution is 5.58. The van der Waals surface area contributed by atoms with Crippen LogP contribution < -0.4 is 0 Å². The Hall–Kier alpha value is -0.790. The van der Waals surface area contributed by atoms with Gasteiger partial charge in [0.2, 0.25) is 0 Å². The minimum absolute atomic E-state index is 0.110. The molecule has 0 aliphatic carbocycles. The molecule has 2 nitrogen and oxygen atoms in total. The number of aldehydes is 1. The molecule has 0 N–H and O–H groups in total. The van der Waals surface area contributed by atoms with Crippen molar-refractivity contribution >= 4 is 6.29 Å². The molecule has 1 rings (SSSR count). The molecule has 0 saturated carbocycles. The summed E-state index contributed by atoms with van der Waals surface area (Å²) >= 11 is 0. The highest BCUT2D eigenvalue weighted by Gasteiger charge is 2.33. The molecule has 1 aliphatic heterocycles. The first-order valence-corrected chi connectivity index (χ1v) is 3.83. The number of carbonyl (C=O) groups is 1. The number of ether oxygens (including phenoxy) is 1. The summed E-state index contributed by atoms with van der Waals surface area (Å²) < 4.78 is 5.09. The molecule has 2 heteroatoms. The van der Waals surface area contributed by atoms with Gasteiger partial charge in [-0.1, -0.05) is 20.8 Å². The summed E-state index contributed by atoms with van der Waals surface area (Å²) in [5.74, 6) is 0.222. The molecule has 0 bridgehead atoms. The molecule has 0 saturated heterocycles. The molecule has 1 heterocycles. The maximum atomic E-state index is 10.5. The van der Waals surface area contributed by atoms with E-state index >= 15 is 0 Å². The third-order valence-corrected chi connectivity index (χ3v) is 2.01. The standard InChI is InChI=1S/C9H14O2/c1-9(2,3)7-4-5-11-8(7)6-10/h4-8H,1-3H3/t7-,8+/m1/s1. The number of carbonyl (C=O) groups excluding carboxylic acids is 1. The predicted octanol–water partition coefficient (Wildman–Crippen LogP) is 1.76.